The summed E-state index contributed by atoms with van der Waals surface area (Å²) in [6, 6.07) is 10.5. The predicted octanol–water partition coefficient (Wildman–Crippen LogP) is 3.26. The van der Waals surface area contributed by atoms with Crippen LogP contribution in [0.15, 0.2) is 30.3 Å². The van der Waals surface area contributed by atoms with Gasteiger partial charge >= 0.3 is 0 Å². The second-order valence-corrected chi connectivity index (χ2v) is 3.16. The van der Waals surface area contributed by atoms with E-state index in [4.69, 9.17) is 0 Å². The number of hydrogen-bond acceptors (Lipinski definition) is 1. The van der Waals surface area contributed by atoms with Crippen LogP contribution in [0, 0.1) is 11.8 Å². The maximum absolute atomic E-state index is 3.37. The fourth-order valence-electron chi connectivity index (χ4n) is 1.28. The summed E-state index contributed by atoms with van der Waals surface area (Å²) in [5.74, 6) is 5.92. The van der Waals surface area contributed by atoms with E-state index in [2.05, 4.69) is 41.4 Å². The normalized spacial score (nSPS) is 8.44. The lowest BCUT2D eigenvalue weighted by atomic mass is 10.1. The smallest absolute Gasteiger partial charge is 0.0214 e. The fourth-order valence-corrected chi connectivity index (χ4v) is 1.28. The third-order valence-corrected chi connectivity index (χ3v) is 2.04. The van der Waals surface area contributed by atoms with Gasteiger partial charge in [-0.1, -0.05) is 44.2 Å². The van der Waals surface area contributed by atoms with Crippen LogP contribution >= 0.6 is 0 Å². The highest BCUT2D eigenvalue weighted by atomic mass is 14.8. The Morgan fingerprint density at radius 1 is 1.06 bits per heavy atom. The van der Waals surface area contributed by atoms with Crippen LogP contribution in [0.2, 0.25) is 0 Å². The molecule has 0 amide bonds. The van der Waals surface area contributed by atoms with Crippen molar-refractivity contribution in [1.29, 1.82) is 0 Å². The highest BCUT2D eigenvalue weighted by Crippen LogP contribution is 1.97. The average molecular weight is 217 g/mol. The first-order chi connectivity index (χ1) is 7.93. The second kappa shape index (κ2) is 11.8. The average Bonchev–Trinajstić information content (AvgIpc) is 2.37. The summed E-state index contributed by atoms with van der Waals surface area (Å²) in [6.07, 6.45) is 2.05. The van der Waals surface area contributed by atoms with Crippen molar-refractivity contribution >= 4 is 0 Å². The Bertz CT molecular complexity index is 292. The molecule has 1 aromatic carbocycles. The molecule has 1 rings (SSSR count). The van der Waals surface area contributed by atoms with Gasteiger partial charge in [0.15, 0.2) is 0 Å². The van der Waals surface area contributed by atoms with E-state index in [1.165, 1.54) is 5.56 Å². The van der Waals surface area contributed by atoms with Gasteiger partial charge < -0.3 is 5.32 Å². The molecule has 0 aromatic heterocycles. The van der Waals surface area contributed by atoms with Crippen LogP contribution in [0.5, 0.6) is 0 Å². The van der Waals surface area contributed by atoms with Gasteiger partial charge in [-0.3, -0.25) is 0 Å². The van der Waals surface area contributed by atoms with E-state index in [-0.39, 0.29) is 0 Å². The molecule has 0 atom stereocenters. The van der Waals surface area contributed by atoms with Gasteiger partial charge in [0.2, 0.25) is 0 Å². The molecule has 0 fully saturated rings. The lowest BCUT2D eigenvalue weighted by Crippen LogP contribution is -2.18. The molecule has 1 heteroatoms. The van der Waals surface area contributed by atoms with Gasteiger partial charge in [-0.2, -0.15) is 0 Å². The van der Waals surface area contributed by atoms with Gasteiger partial charge in [-0.05, 0) is 25.5 Å². The molecular weight excluding hydrogens is 194 g/mol. The van der Waals surface area contributed by atoms with Crippen molar-refractivity contribution < 1.29 is 0 Å². The van der Waals surface area contributed by atoms with Crippen molar-refractivity contribution in [2.45, 2.75) is 33.6 Å². The molecule has 0 heterocycles. The van der Waals surface area contributed by atoms with Gasteiger partial charge in [0.05, 0.1) is 0 Å². The first kappa shape index (κ1) is 14.7. The minimum Gasteiger partial charge on any atom is -0.315 e. The SMILES string of the molecule is CC.CC#CCCNCCc1ccccc1. The van der Waals surface area contributed by atoms with Crippen molar-refractivity contribution in [1.82, 2.24) is 5.32 Å². The predicted molar refractivity (Wildman–Crippen MR) is 72.4 cm³/mol. The van der Waals surface area contributed by atoms with E-state index >= 15 is 0 Å². The molecule has 16 heavy (non-hydrogen) atoms. The zero-order valence-electron chi connectivity index (χ0n) is 10.7. The Hall–Kier alpha value is -1.26. The molecule has 1 nitrogen and oxygen atoms in total. The van der Waals surface area contributed by atoms with E-state index < -0.39 is 0 Å². The standard InChI is InChI=1S/C13H17N.C2H6/c1-2-3-7-11-14-12-10-13-8-5-4-6-9-13;1-2/h4-6,8-9,14H,7,10-12H2,1H3;1-2H3. The van der Waals surface area contributed by atoms with E-state index in [1.54, 1.807) is 0 Å². The van der Waals surface area contributed by atoms with Crippen LogP contribution < -0.4 is 5.32 Å². The van der Waals surface area contributed by atoms with E-state index in [0.29, 0.717) is 0 Å². The maximum atomic E-state index is 3.37. The monoisotopic (exact) mass is 217 g/mol. The first-order valence-corrected chi connectivity index (χ1v) is 6.07. The minimum absolute atomic E-state index is 0.950. The first-order valence-electron chi connectivity index (χ1n) is 6.07. The molecule has 0 radical (unpaired) electrons. The third-order valence-electron chi connectivity index (χ3n) is 2.04. The fraction of sp³-hybridized carbons (Fsp3) is 0.467. The minimum atomic E-state index is 0.950. The summed E-state index contributed by atoms with van der Waals surface area (Å²) in [6.45, 7) is 7.91. The number of hydrogen-bond donors (Lipinski definition) is 1. The molecule has 0 aliphatic rings. The highest BCUT2D eigenvalue weighted by molar-refractivity contribution is 5.14. The lowest BCUT2D eigenvalue weighted by molar-refractivity contribution is 0.694. The van der Waals surface area contributed by atoms with E-state index in [9.17, 15) is 0 Å². The third kappa shape index (κ3) is 8.08. The number of nitrogens with one attached hydrogen (secondary N) is 1. The van der Waals surface area contributed by atoms with Gasteiger partial charge in [0, 0.05) is 13.0 Å². The Balaban J connectivity index is 0.00000106. The molecule has 0 spiro atoms. The number of rotatable bonds is 5. The molecular formula is C15H23N. The topological polar surface area (TPSA) is 12.0 Å². The van der Waals surface area contributed by atoms with Gasteiger partial charge in [0.25, 0.3) is 0 Å². The zero-order chi connectivity index (χ0) is 12.1. The zero-order valence-corrected chi connectivity index (χ0v) is 10.7. The Morgan fingerprint density at radius 3 is 2.38 bits per heavy atom. The number of benzene rings is 1. The lowest BCUT2D eigenvalue weighted by Gasteiger charge is -2.02. The van der Waals surface area contributed by atoms with Crippen molar-refractivity contribution in [3.63, 3.8) is 0 Å². The summed E-state index contributed by atoms with van der Waals surface area (Å²) in [4.78, 5) is 0. The van der Waals surface area contributed by atoms with Crippen LogP contribution in [0.4, 0.5) is 0 Å². The van der Waals surface area contributed by atoms with Crippen LogP contribution in [-0.2, 0) is 6.42 Å². The molecule has 1 aromatic rings. The summed E-state index contributed by atoms with van der Waals surface area (Å²) >= 11 is 0. The quantitative estimate of drug-likeness (QED) is 0.589. The Labute approximate surface area is 100 Å². The largest absolute Gasteiger partial charge is 0.315 e. The van der Waals surface area contributed by atoms with Crippen molar-refractivity contribution in [3.8, 4) is 11.8 Å². The summed E-state index contributed by atoms with van der Waals surface area (Å²) in [5, 5.41) is 3.37. The Kier molecular flexibility index (Phi) is 10.9. The molecule has 0 saturated heterocycles. The van der Waals surface area contributed by atoms with Crippen molar-refractivity contribution in [2.24, 2.45) is 0 Å². The molecule has 0 unspecified atom stereocenters. The summed E-state index contributed by atoms with van der Waals surface area (Å²) < 4.78 is 0. The van der Waals surface area contributed by atoms with Crippen LogP contribution in [0.3, 0.4) is 0 Å². The van der Waals surface area contributed by atoms with Crippen LogP contribution in [0.25, 0.3) is 0 Å². The molecule has 0 saturated carbocycles. The summed E-state index contributed by atoms with van der Waals surface area (Å²) in [5.41, 5.74) is 1.39. The van der Waals surface area contributed by atoms with E-state index in [1.807, 2.05) is 26.8 Å². The molecule has 0 aliphatic heterocycles. The molecule has 1 N–H and O–H groups in total. The molecule has 0 aliphatic carbocycles. The van der Waals surface area contributed by atoms with E-state index in [0.717, 1.165) is 25.9 Å². The molecule has 0 bridgehead atoms. The highest BCUT2D eigenvalue weighted by Gasteiger charge is 1.89. The summed E-state index contributed by atoms with van der Waals surface area (Å²) in [7, 11) is 0. The van der Waals surface area contributed by atoms with Crippen LogP contribution in [0.1, 0.15) is 32.8 Å². The van der Waals surface area contributed by atoms with Crippen molar-refractivity contribution in [2.75, 3.05) is 13.1 Å². The second-order valence-electron chi connectivity index (χ2n) is 3.16. The van der Waals surface area contributed by atoms with Crippen molar-refractivity contribution in [3.05, 3.63) is 35.9 Å². The molecule has 88 valence electrons. The maximum Gasteiger partial charge on any atom is 0.0214 e. The van der Waals surface area contributed by atoms with Gasteiger partial charge in [0.1, 0.15) is 0 Å². The Morgan fingerprint density at radius 2 is 1.75 bits per heavy atom. The van der Waals surface area contributed by atoms with Gasteiger partial charge in [-0.15, -0.1) is 11.8 Å². The van der Waals surface area contributed by atoms with Crippen LogP contribution in [-0.4, -0.2) is 13.1 Å². The van der Waals surface area contributed by atoms with Gasteiger partial charge in [-0.25, -0.2) is 0 Å².